The number of ether oxygens (including phenoxy) is 1. The molecule has 0 N–H and O–H groups in total. The average molecular weight is 300 g/mol. The molecule has 0 amide bonds. The van der Waals surface area contributed by atoms with Crippen LogP contribution in [-0.4, -0.2) is 23.8 Å². The molecule has 1 aliphatic heterocycles. The molecular formula is C19H24O3. The second-order valence-electron chi connectivity index (χ2n) is 8.71. The summed E-state index contributed by atoms with van der Waals surface area (Å²) in [7, 11) is 0. The van der Waals surface area contributed by atoms with E-state index in [0.29, 0.717) is 30.0 Å². The van der Waals surface area contributed by atoms with Crippen LogP contribution >= 0.6 is 0 Å². The van der Waals surface area contributed by atoms with Crippen LogP contribution in [-0.2, 0) is 14.3 Å². The maximum atomic E-state index is 12.9. The minimum absolute atomic E-state index is 0.0780. The number of fused-ring (bicyclic) bond motifs is 7. The molecule has 0 bridgehead atoms. The van der Waals surface area contributed by atoms with Crippen molar-refractivity contribution in [1.82, 2.24) is 0 Å². The molecule has 1 saturated heterocycles. The van der Waals surface area contributed by atoms with E-state index in [4.69, 9.17) is 4.74 Å². The second-order valence-corrected chi connectivity index (χ2v) is 8.71. The third-order valence-corrected chi connectivity index (χ3v) is 7.92. The predicted molar refractivity (Wildman–Crippen MR) is 81.1 cm³/mol. The zero-order valence-corrected chi connectivity index (χ0v) is 13.4. The van der Waals surface area contributed by atoms with Gasteiger partial charge in [-0.15, -0.1) is 0 Å². The Morgan fingerprint density at radius 2 is 1.77 bits per heavy atom. The summed E-state index contributed by atoms with van der Waals surface area (Å²) in [6.07, 6.45) is 8.42. The molecule has 3 nitrogen and oxygen atoms in total. The summed E-state index contributed by atoms with van der Waals surface area (Å²) < 4.78 is 5.79. The number of rotatable bonds is 0. The van der Waals surface area contributed by atoms with E-state index in [1.165, 1.54) is 5.57 Å². The fourth-order valence-corrected chi connectivity index (χ4v) is 6.47. The van der Waals surface area contributed by atoms with Crippen LogP contribution in [0.5, 0.6) is 0 Å². The fourth-order valence-electron chi connectivity index (χ4n) is 6.47. The van der Waals surface area contributed by atoms with Crippen molar-refractivity contribution < 1.29 is 14.3 Å². The second kappa shape index (κ2) is 3.92. The predicted octanol–water partition coefficient (Wildman–Crippen LogP) is 3.07. The van der Waals surface area contributed by atoms with Crippen molar-refractivity contribution in [2.24, 2.45) is 28.6 Å². The Kier molecular flexibility index (Phi) is 2.40. The number of Topliss-reactive ketones (excluding diaryl/α,β-unsaturated/α-hetero) is 1. The topological polar surface area (TPSA) is 46.7 Å². The Morgan fingerprint density at radius 1 is 1.05 bits per heavy atom. The third-order valence-electron chi connectivity index (χ3n) is 7.92. The molecule has 0 unspecified atom stereocenters. The lowest BCUT2D eigenvalue weighted by molar-refractivity contribution is -0.139. The highest BCUT2D eigenvalue weighted by atomic mass is 16.6. The van der Waals surface area contributed by atoms with Crippen molar-refractivity contribution in [2.75, 3.05) is 0 Å². The average Bonchev–Trinajstić information content (AvgIpc) is 3.21. The largest absolute Gasteiger partial charge is 0.365 e. The van der Waals surface area contributed by atoms with Crippen LogP contribution in [0.2, 0.25) is 0 Å². The molecule has 4 fully saturated rings. The maximum Gasteiger partial charge on any atom is 0.159 e. The smallest absolute Gasteiger partial charge is 0.159 e. The first kappa shape index (κ1) is 13.5. The van der Waals surface area contributed by atoms with Crippen molar-refractivity contribution in [2.45, 2.75) is 64.6 Å². The van der Waals surface area contributed by atoms with E-state index in [9.17, 15) is 9.59 Å². The van der Waals surface area contributed by atoms with Crippen LogP contribution in [0.1, 0.15) is 52.4 Å². The molecule has 1 heterocycles. The number of epoxide rings is 1. The van der Waals surface area contributed by atoms with Gasteiger partial charge in [-0.1, -0.05) is 13.8 Å². The van der Waals surface area contributed by atoms with Gasteiger partial charge in [0, 0.05) is 17.8 Å². The molecule has 0 aromatic rings. The number of hydrogen-bond acceptors (Lipinski definition) is 3. The normalized spacial score (nSPS) is 55.7. The van der Waals surface area contributed by atoms with Gasteiger partial charge in [0.2, 0.25) is 0 Å². The number of carbonyl (C=O) groups is 2. The van der Waals surface area contributed by atoms with Gasteiger partial charge in [-0.3, -0.25) is 9.59 Å². The van der Waals surface area contributed by atoms with E-state index in [1.807, 2.05) is 6.08 Å². The van der Waals surface area contributed by atoms with E-state index >= 15 is 0 Å². The van der Waals surface area contributed by atoms with Gasteiger partial charge in [0.05, 0.1) is 6.10 Å². The lowest BCUT2D eigenvalue weighted by atomic mass is 9.48. The molecule has 5 rings (SSSR count). The van der Waals surface area contributed by atoms with Crippen molar-refractivity contribution in [3.8, 4) is 0 Å². The van der Waals surface area contributed by atoms with Crippen LogP contribution in [0.4, 0.5) is 0 Å². The SMILES string of the molecule is C[C@]12CC[C@H]3O[C@H]3C1=CC(=O)[C@@H]1[C@@H]2CC[C@]2(C)C(=O)CC[C@@H]12. The van der Waals surface area contributed by atoms with Gasteiger partial charge >= 0.3 is 0 Å². The van der Waals surface area contributed by atoms with Gasteiger partial charge in [0.25, 0.3) is 0 Å². The van der Waals surface area contributed by atoms with Crippen LogP contribution in [0.15, 0.2) is 11.6 Å². The standard InChI is InChI=1S/C19H24O3/c1-18-8-6-14-17(22-14)12(18)9-13(20)16-10-3-4-15(21)19(10,2)7-5-11(16)18/h9-11,14,16-17H,3-8H2,1-2H3/t10-,11-,14+,16-,17-,18+,19-/m0/s1. The molecule has 7 atom stereocenters. The molecular weight excluding hydrogens is 276 g/mol. The molecule has 0 aromatic carbocycles. The first-order chi connectivity index (χ1) is 10.4. The Hall–Kier alpha value is -0.960. The molecule has 22 heavy (non-hydrogen) atoms. The van der Waals surface area contributed by atoms with Crippen LogP contribution in [0.3, 0.4) is 0 Å². The Morgan fingerprint density at radius 3 is 2.59 bits per heavy atom. The molecule has 0 aromatic heterocycles. The van der Waals surface area contributed by atoms with E-state index in [-0.39, 0.29) is 28.8 Å². The molecule has 0 radical (unpaired) electrons. The van der Waals surface area contributed by atoms with Crippen molar-refractivity contribution >= 4 is 11.6 Å². The van der Waals surface area contributed by atoms with Gasteiger partial charge in [0.1, 0.15) is 11.9 Å². The molecule has 3 heteroatoms. The maximum absolute atomic E-state index is 12.9. The van der Waals surface area contributed by atoms with Crippen molar-refractivity contribution in [1.29, 1.82) is 0 Å². The molecule has 5 aliphatic rings. The Balaban J connectivity index is 1.60. The van der Waals surface area contributed by atoms with E-state index in [2.05, 4.69) is 13.8 Å². The number of hydrogen-bond donors (Lipinski definition) is 0. The number of allylic oxidation sites excluding steroid dienone is 1. The first-order valence-electron chi connectivity index (χ1n) is 8.90. The summed E-state index contributed by atoms with van der Waals surface area (Å²) in [4.78, 5) is 25.3. The Bertz CT molecular complexity index is 620. The fraction of sp³-hybridized carbons (Fsp3) is 0.789. The van der Waals surface area contributed by atoms with E-state index in [0.717, 1.165) is 32.1 Å². The minimum Gasteiger partial charge on any atom is -0.365 e. The summed E-state index contributed by atoms with van der Waals surface area (Å²) in [5.41, 5.74) is 1.18. The molecule has 0 spiro atoms. The molecule has 118 valence electrons. The minimum atomic E-state index is -0.230. The van der Waals surface area contributed by atoms with Gasteiger partial charge < -0.3 is 4.74 Å². The summed E-state index contributed by atoms with van der Waals surface area (Å²) >= 11 is 0. The van der Waals surface area contributed by atoms with Crippen molar-refractivity contribution in [3.05, 3.63) is 11.6 Å². The van der Waals surface area contributed by atoms with E-state index < -0.39 is 0 Å². The van der Waals surface area contributed by atoms with E-state index in [1.54, 1.807) is 0 Å². The van der Waals surface area contributed by atoms with Gasteiger partial charge in [-0.05, 0) is 61.0 Å². The zero-order valence-electron chi connectivity index (χ0n) is 13.4. The first-order valence-corrected chi connectivity index (χ1v) is 8.90. The summed E-state index contributed by atoms with van der Waals surface area (Å²) in [5.74, 6) is 1.47. The molecule has 3 saturated carbocycles. The van der Waals surface area contributed by atoms with Crippen LogP contribution < -0.4 is 0 Å². The van der Waals surface area contributed by atoms with Crippen LogP contribution in [0, 0.1) is 28.6 Å². The monoisotopic (exact) mass is 300 g/mol. The van der Waals surface area contributed by atoms with Gasteiger partial charge in [-0.25, -0.2) is 0 Å². The van der Waals surface area contributed by atoms with Crippen LogP contribution in [0.25, 0.3) is 0 Å². The third kappa shape index (κ3) is 1.42. The number of ketones is 2. The highest BCUT2D eigenvalue weighted by Crippen LogP contribution is 2.65. The zero-order chi connectivity index (χ0) is 15.3. The summed E-state index contributed by atoms with van der Waals surface area (Å²) in [6, 6.07) is 0. The highest BCUT2D eigenvalue weighted by molar-refractivity contribution is 5.97. The van der Waals surface area contributed by atoms with Gasteiger partial charge in [0.15, 0.2) is 5.78 Å². The summed E-state index contributed by atoms with van der Waals surface area (Å²) in [5, 5.41) is 0. The summed E-state index contributed by atoms with van der Waals surface area (Å²) in [6.45, 7) is 4.49. The lowest BCUT2D eigenvalue weighted by Crippen LogP contribution is -2.53. The van der Waals surface area contributed by atoms with Crippen molar-refractivity contribution in [3.63, 3.8) is 0 Å². The lowest BCUT2D eigenvalue weighted by Gasteiger charge is -2.54. The van der Waals surface area contributed by atoms with Gasteiger partial charge in [-0.2, -0.15) is 0 Å². The Labute approximate surface area is 131 Å². The highest BCUT2D eigenvalue weighted by Gasteiger charge is 2.64. The molecule has 4 aliphatic carbocycles. The quantitative estimate of drug-likeness (QED) is 0.646. The number of carbonyl (C=O) groups excluding carboxylic acids is 2.